The second-order valence-corrected chi connectivity index (χ2v) is 3.74. The van der Waals surface area contributed by atoms with Crippen molar-refractivity contribution in [3.05, 3.63) is 30.5 Å². The van der Waals surface area contributed by atoms with Gasteiger partial charge in [0.2, 0.25) is 5.91 Å². The number of hydrogen-bond donors (Lipinski definition) is 0. The van der Waals surface area contributed by atoms with E-state index < -0.39 is 0 Å². The second-order valence-electron chi connectivity index (χ2n) is 2.95. The molecule has 0 fully saturated rings. The van der Waals surface area contributed by atoms with Gasteiger partial charge in [-0.15, -0.1) is 0 Å². The third kappa shape index (κ3) is 1.57. The third-order valence-electron chi connectivity index (χ3n) is 2.02. The molecule has 1 heterocycles. The molecule has 0 amide bonds. The van der Waals surface area contributed by atoms with Gasteiger partial charge in [0.1, 0.15) is 0 Å². The summed E-state index contributed by atoms with van der Waals surface area (Å²) in [4.78, 5) is 11.6. The number of aromatic nitrogens is 2. The molecule has 0 aliphatic heterocycles. The van der Waals surface area contributed by atoms with Crippen LogP contribution in [0.2, 0.25) is 0 Å². The number of carbonyl (C=O) groups excluding carboxylic acids is 1. The van der Waals surface area contributed by atoms with Crippen LogP contribution in [0.3, 0.4) is 0 Å². The SMILES string of the molecule is O=C(CCBr)n1ncc2ccccc21. The molecule has 1 aromatic carbocycles. The molecule has 3 nitrogen and oxygen atoms in total. The smallest absolute Gasteiger partial charge is 0.248 e. The molecule has 1 aromatic heterocycles. The number of alkyl halides is 1. The van der Waals surface area contributed by atoms with Gasteiger partial charge >= 0.3 is 0 Å². The molecule has 0 saturated heterocycles. The van der Waals surface area contributed by atoms with Crippen LogP contribution in [0.5, 0.6) is 0 Å². The van der Waals surface area contributed by atoms with Crippen molar-refractivity contribution in [2.75, 3.05) is 5.33 Å². The van der Waals surface area contributed by atoms with Crippen LogP contribution in [0.4, 0.5) is 0 Å². The highest BCUT2D eigenvalue weighted by Crippen LogP contribution is 2.12. The molecule has 0 aliphatic rings. The highest BCUT2D eigenvalue weighted by Gasteiger charge is 2.08. The number of fused-ring (bicyclic) bond motifs is 1. The maximum absolute atomic E-state index is 11.6. The van der Waals surface area contributed by atoms with Gasteiger partial charge in [0.25, 0.3) is 0 Å². The number of halogens is 1. The highest BCUT2D eigenvalue weighted by molar-refractivity contribution is 9.09. The monoisotopic (exact) mass is 252 g/mol. The Kier molecular flexibility index (Phi) is 2.63. The summed E-state index contributed by atoms with van der Waals surface area (Å²) in [6.07, 6.45) is 2.17. The molecule has 0 aliphatic carbocycles. The molecular formula is C10H9BrN2O. The van der Waals surface area contributed by atoms with Crippen molar-refractivity contribution < 1.29 is 4.79 Å². The number of nitrogens with zero attached hydrogens (tertiary/aromatic N) is 2. The molecule has 0 saturated carbocycles. The molecule has 4 heteroatoms. The lowest BCUT2D eigenvalue weighted by Crippen LogP contribution is -2.11. The molecule has 0 spiro atoms. The molecule has 2 rings (SSSR count). The Morgan fingerprint density at radius 3 is 3.00 bits per heavy atom. The van der Waals surface area contributed by atoms with E-state index in [1.807, 2.05) is 24.3 Å². The summed E-state index contributed by atoms with van der Waals surface area (Å²) in [5, 5.41) is 5.72. The van der Waals surface area contributed by atoms with E-state index in [1.54, 1.807) is 6.20 Å². The van der Waals surface area contributed by atoms with E-state index in [2.05, 4.69) is 21.0 Å². The molecule has 14 heavy (non-hydrogen) atoms. The average Bonchev–Trinajstić information content (AvgIpc) is 2.61. The summed E-state index contributed by atoms with van der Waals surface area (Å²) in [6, 6.07) is 7.68. The molecule has 0 N–H and O–H groups in total. The minimum atomic E-state index is 0.0167. The van der Waals surface area contributed by atoms with Crippen molar-refractivity contribution in [3.8, 4) is 0 Å². The first kappa shape index (κ1) is 9.40. The molecular weight excluding hydrogens is 244 g/mol. The number of hydrogen-bond acceptors (Lipinski definition) is 2. The quantitative estimate of drug-likeness (QED) is 0.770. The third-order valence-corrected chi connectivity index (χ3v) is 2.42. The molecule has 0 atom stereocenters. The van der Waals surface area contributed by atoms with Gasteiger partial charge < -0.3 is 0 Å². The van der Waals surface area contributed by atoms with Crippen molar-refractivity contribution in [1.82, 2.24) is 9.78 Å². The maximum atomic E-state index is 11.6. The van der Waals surface area contributed by atoms with Crippen LogP contribution in [-0.2, 0) is 0 Å². The van der Waals surface area contributed by atoms with Gasteiger partial charge in [-0.2, -0.15) is 5.10 Å². The van der Waals surface area contributed by atoms with Crippen molar-refractivity contribution in [1.29, 1.82) is 0 Å². The summed E-state index contributed by atoms with van der Waals surface area (Å²) >= 11 is 3.24. The van der Waals surface area contributed by atoms with Gasteiger partial charge in [0.05, 0.1) is 11.7 Å². The van der Waals surface area contributed by atoms with E-state index >= 15 is 0 Å². The van der Waals surface area contributed by atoms with Crippen LogP contribution in [0.15, 0.2) is 30.5 Å². The number of benzene rings is 1. The Hall–Kier alpha value is -1.16. The van der Waals surface area contributed by atoms with Crippen molar-refractivity contribution in [2.45, 2.75) is 6.42 Å². The van der Waals surface area contributed by atoms with E-state index in [-0.39, 0.29) is 5.91 Å². The minimum Gasteiger partial charge on any atom is -0.273 e. The first-order valence-corrected chi connectivity index (χ1v) is 5.47. The topological polar surface area (TPSA) is 34.9 Å². The normalized spacial score (nSPS) is 10.6. The fourth-order valence-corrected chi connectivity index (χ4v) is 1.70. The second kappa shape index (κ2) is 3.92. The summed E-state index contributed by atoms with van der Waals surface area (Å²) in [5.41, 5.74) is 0.874. The molecule has 0 bridgehead atoms. The Morgan fingerprint density at radius 1 is 1.43 bits per heavy atom. The predicted octanol–water partition coefficient (Wildman–Crippen LogP) is 2.46. The summed E-state index contributed by atoms with van der Waals surface area (Å²) < 4.78 is 1.45. The van der Waals surface area contributed by atoms with Crippen molar-refractivity contribution in [3.63, 3.8) is 0 Å². The van der Waals surface area contributed by atoms with Gasteiger partial charge in [-0.25, -0.2) is 4.68 Å². The fraction of sp³-hybridized carbons (Fsp3) is 0.200. The maximum Gasteiger partial charge on any atom is 0.248 e. The van der Waals surface area contributed by atoms with E-state index in [0.717, 1.165) is 10.9 Å². The van der Waals surface area contributed by atoms with Gasteiger partial charge in [0.15, 0.2) is 0 Å². The Labute approximate surface area is 89.8 Å². The molecule has 0 radical (unpaired) electrons. The van der Waals surface area contributed by atoms with E-state index in [9.17, 15) is 4.79 Å². The summed E-state index contributed by atoms with van der Waals surface area (Å²) in [5.74, 6) is 0.0167. The van der Waals surface area contributed by atoms with Crippen LogP contribution in [0.1, 0.15) is 11.2 Å². The summed E-state index contributed by atoms with van der Waals surface area (Å²) in [7, 11) is 0. The van der Waals surface area contributed by atoms with Crippen molar-refractivity contribution in [2.24, 2.45) is 0 Å². The lowest BCUT2D eigenvalue weighted by molar-refractivity contribution is 0.0900. The first-order valence-electron chi connectivity index (χ1n) is 4.35. The largest absolute Gasteiger partial charge is 0.273 e. The Balaban J connectivity index is 2.47. The van der Waals surface area contributed by atoms with Crippen LogP contribution in [0, 0.1) is 0 Å². The van der Waals surface area contributed by atoms with E-state index in [0.29, 0.717) is 11.8 Å². The number of carbonyl (C=O) groups is 1. The summed E-state index contributed by atoms with van der Waals surface area (Å²) in [6.45, 7) is 0. The average molecular weight is 253 g/mol. The van der Waals surface area contributed by atoms with E-state index in [1.165, 1.54) is 4.68 Å². The number of rotatable bonds is 2. The van der Waals surface area contributed by atoms with E-state index in [4.69, 9.17) is 0 Å². The molecule has 2 aromatic rings. The zero-order valence-corrected chi connectivity index (χ0v) is 9.07. The lowest BCUT2D eigenvalue weighted by atomic mass is 10.2. The van der Waals surface area contributed by atoms with Crippen LogP contribution in [-0.4, -0.2) is 21.0 Å². The predicted molar refractivity (Wildman–Crippen MR) is 58.8 cm³/mol. The zero-order chi connectivity index (χ0) is 9.97. The molecule has 72 valence electrons. The molecule has 0 unspecified atom stereocenters. The minimum absolute atomic E-state index is 0.0167. The van der Waals surface area contributed by atoms with Gasteiger partial charge in [0, 0.05) is 17.1 Å². The van der Waals surface area contributed by atoms with Crippen LogP contribution >= 0.6 is 15.9 Å². The lowest BCUT2D eigenvalue weighted by Gasteiger charge is -1.99. The fourth-order valence-electron chi connectivity index (χ4n) is 1.36. The Morgan fingerprint density at radius 2 is 2.21 bits per heavy atom. The first-order chi connectivity index (χ1) is 6.83. The number of para-hydroxylation sites is 1. The zero-order valence-electron chi connectivity index (χ0n) is 7.48. The van der Waals surface area contributed by atoms with Gasteiger partial charge in [-0.1, -0.05) is 34.1 Å². The Bertz CT molecular complexity index is 464. The van der Waals surface area contributed by atoms with Crippen LogP contribution in [0.25, 0.3) is 10.9 Å². The van der Waals surface area contributed by atoms with Crippen molar-refractivity contribution >= 4 is 32.7 Å². The van der Waals surface area contributed by atoms with Gasteiger partial charge in [-0.3, -0.25) is 4.79 Å². The van der Waals surface area contributed by atoms with Crippen LogP contribution < -0.4 is 0 Å². The standard InChI is InChI=1S/C10H9BrN2O/c11-6-5-10(14)13-9-4-2-1-3-8(9)7-12-13/h1-4,7H,5-6H2. The van der Waals surface area contributed by atoms with Gasteiger partial charge in [-0.05, 0) is 6.07 Å². The highest BCUT2D eigenvalue weighted by atomic mass is 79.9.